The molecule has 3 aromatic heterocycles. The number of alkyl carbamates (subject to hydrolysis) is 1. The first-order valence-corrected chi connectivity index (χ1v) is 26.9. The normalized spacial score (nSPS) is 25.7. The first-order valence-electron chi connectivity index (χ1n) is 21.6. The third-order valence-electron chi connectivity index (χ3n) is 10.5. The fourth-order valence-electron chi connectivity index (χ4n) is 7.30. The number of nitrogens with zero attached hydrogens (tertiary/aromatic N) is 9. The number of hydrogen-bond acceptors (Lipinski definition) is 24. The van der Waals surface area contributed by atoms with Crippen molar-refractivity contribution in [2.75, 3.05) is 37.0 Å². The molecule has 30 nitrogen and oxygen atoms in total. The Hall–Kier alpha value is -4.98. The first kappa shape index (κ1) is 54.8. The molecular weight excluding hydrogens is 1040 g/mol. The third-order valence-corrected chi connectivity index (χ3v) is 15.3. The van der Waals surface area contributed by atoms with Gasteiger partial charge in [0, 0.05) is 40.3 Å². The number of esters is 1. The number of phosphoric acid groups is 2. The number of ether oxygens (including phenoxy) is 6. The van der Waals surface area contributed by atoms with Gasteiger partial charge < -0.3 is 65.0 Å². The smallest absolute Gasteiger partial charge is 0.455 e. The molecule has 34 heteroatoms. The number of nitrogen functional groups attached to an aromatic ring is 2. The van der Waals surface area contributed by atoms with Gasteiger partial charge in [0.05, 0.1) is 19.5 Å². The highest BCUT2D eigenvalue weighted by molar-refractivity contribution is 8.77. The van der Waals surface area contributed by atoms with Crippen LogP contribution in [-0.4, -0.2) is 140 Å². The molecule has 4 aromatic rings. The number of nitrogens with one attached hydrogen (secondary N) is 1. The number of imidazole rings is 1. The molecule has 72 heavy (non-hydrogen) atoms. The van der Waals surface area contributed by atoms with E-state index in [0.29, 0.717) is 24.1 Å². The van der Waals surface area contributed by atoms with E-state index in [1.165, 1.54) is 56.9 Å². The monoisotopic (exact) mass is 1090 g/mol. The molecule has 6 heterocycles. The Bertz CT molecular complexity index is 2760. The van der Waals surface area contributed by atoms with E-state index in [2.05, 4.69) is 35.3 Å². The number of benzene rings is 1. The number of fused-ring (bicyclic) bond motifs is 1. The number of carbonyl (C=O) groups excluding carboxylic acids is 2. The maximum Gasteiger partial charge on any atom is 0.472 e. The van der Waals surface area contributed by atoms with E-state index in [4.69, 9.17) is 59.0 Å². The summed E-state index contributed by atoms with van der Waals surface area (Å²) in [6, 6.07) is 5.97. The first-order chi connectivity index (χ1) is 34.1. The Labute approximate surface area is 415 Å². The second-order valence-corrected chi connectivity index (χ2v) is 22.7. The van der Waals surface area contributed by atoms with Crippen LogP contribution in [0.15, 0.2) is 59.1 Å². The summed E-state index contributed by atoms with van der Waals surface area (Å²) < 4.78 is 78.7. The maximum atomic E-state index is 14.2. The van der Waals surface area contributed by atoms with Crippen LogP contribution in [0.1, 0.15) is 51.6 Å². The van der Waals surface area contributed by atoms with Gasteiger partial charge in [0.1, 0.15) is 60.8 Å². The summed E-state index contributed by atoms with van der Waals surface area (Å²) in [5, 5.41) is 17.9. The second-order valence-electron chi connectivity index (χ2n) is 16.9. The summed E-state index contributed by atoms with van der Waals surface area (Å²) >= 11 is 0. The zero-order valence-corrected chi connectivity index (χ0v) is 41.7. The number of nitrogens with two attached hydrogens (primary N) is 2. The number of hydrogen-bond donors (Lipinski definition) is 7. The molecule has 3 aliphatic rings. The number of azide groups is 1. The van der Waals surface area contributed by atoms with Crippen molar-refractivity contribution in [1.82, 2.24) is 34.4 Å². The zero-order chi connectivity index (χ0) is 52.0. The number of amides is 1. The van der Waals surface area contributed by atoms with Crippen LogP contribution in [0, 0.1) is 0 Å². The number of phosphoric ester groups is 2. The fourth-order valence-corrected chi connectivity index (χ4v) is 11.1. The van der Waals surface area contributed by atoms with E-state index >= 15 is 0 Å². The van der Waals surface area contributed by atoms with Gasteiger partial charge in [-0.3, -0.25) is 22.7 Å². The van der Waals surface area contributed by atoms with Crippen molar-refractivity contribution >= 4 is 77.8 Å². The van der Waals surface area contributed by atoms with Crippen LogP contribution in [0.5, 0.6) is 0 Å². The molecule has 7 rings (SSSR count). The standard InChI is InChI=1S/C38H50N12O18P2S2/c1-38(2,3)72-71-16-21(45-37(54)61-13-19-6-8-20(9-7-19)47-48-41)35(52)67-28-22(64-33(27(28)51)50-18-44-26-31(40)42-17-43-32(26)50)15-63-70(58,59)68-29-23(14-62-69(55,56)57)65-34(30(29)66-25-5-4-12-60-25)49-11-10-24(39)46-36(49)53/h6-11,17-18,21-23,25,27-30,33-34,51H,4-5,12-16H2,1-3H3,(H,45,54)(H,58,59)(H2,39,46,53)(H2,40,42,43)(H2,55,56,57)/t21-,22+,23+,25?,27+,28+,29+,30+,33+,34+/m0/s1. The third kappa shape index (κ3) is 14.4. The van der Waals surface area contributed by atoms with E-state index in [1.54, 1.807) is 12.1 Å². The van der Waals surface area contributed by atoms with Gasteiger partial charge in [0.15, 0.2) is 36.3 Å². The Kier molecular flexibility index (Phi) is 17.9. The Morgan fingerprint density at radius 2 is 1.74 bits per heavy atom. The predicted octanol–water partition coefficient (Wildman–Crippen LogP) is 2.87. The highest BCUT2D eigenvalue weighted by Crippen LogP contribution is 2.51. The molecule has 3 saturated heterocycles. The zero-order valence-electron chi connectivity index (χ0n) is 38.2. The van der Waals surface area contributed by atoms with Crippen molar-refractivity contribution < 1.29 is 80.5 Å². The summed E-state index contributed by atoms with van der Waals surface area (Å²) in [7, 11) is -8.06. The quantitative estimate of drug-likeness (QED) is 0.0157. The molecule has 1 amide bonds. The number of rotatable bonds is 21. The summed E-state index contributed by atoms with van der Waals surface area (Å²) in [5.41, 5.74) is 20.5. The lowest BCUT2D eigenvalue weighted by Gasteiger charge is -2.29. The summed E-state index contributed by atoms with van der Waals surface area (Å²) in [5.74, 6) is -1.36. The Balaban J connectivity index is 1.14. The van der Waals surface area contributed by atoms with Crippen molar-refractivity contribution in [3.05, 3.63) is 75.7 Å². The minimum absolute atomic E-state index is 0.0222. The molecule has 392 valence electrons. The number of anilines is 2. The maximum absolute atomic E-state index is 14.2. The molecule has 9 N–H and O–H groups in total. The molecule has 11 atom stereocenters. The molecule has 1 aromatic carbocycles. The Morgan fingerprint density at radius 1 is 1.01 bits per heavy atom. The van der Waals surface area contributed by atoms with Crippen LogP contribution in [-0.2, 0) is 62.5 Å². The van der Waals surface area contributed by atoms with Gasteiger partial charge in [-0.25, -0.2) is 38.5 Å². The van der Waals surface area contributed by atoms with Crippen molar-refractivity contribution in [2.45, 2.75) is 106 Å². The molecule has 3 fully saturated rings. The van der Waals surface area contributed by atoms with Gasteiger partial charge in [-0.05, 0) is 23.6 Å². The van der Waals surface area contributed by atoms with E-state index in [1.807, 2.05) is 20.8 Å². The van der Waals surface area contributed by atoms with Crippen molar-refractivity contribution in [3.63, 3.8) is 0 Å². The van der Waals surface area contributed by atoms with Gasteiger partial charge in [0.25, 0.3) is 0 Å². The largest absolute Gasteiger partial charge is 0.472 e. The molecule has 0 bridgehead atoms. The number of aromatic nitrogens is 6. The van der Waals surface area contributed by atoms with Crippen molar-refractivity contribution in [3.8, 4) is 0 Å². The van der Waals surface area contributed by atoms with E-state index in [9.17, 15) is 43.3 Å². The molecule has 3 aliphatic heterocycles. The number of aliphatic hydroxyl groups is 1. The van der Waals surface area contributed by atoms with Crippen LogP contribution in [0.25, 0.3) is 21.6 Å². The van der Waals surface area contributed by atoms with Gasteiger partial charge in [-0.15, -0.1) is 0 Å². The van der Waals surface area contributed by atoms with E-state index < -0.39 is 108 Å². The molecule has 0 saturated carbocycles. The topological polar surface area (TPSA) is 424 Å². The lowest BCUT2D eigenvalue weighted by Crippen LogP contribution is -2.48. The van der Waals surface area contributed by atoms with Gasteiger partial charge >= 0.3 is 33.4 Å². The average molecular weight is 1090 g/mol. The second kappa shape index (κ2) is 23.5. The molecular formula is C38H50N12O18P2S2. The van der Waals surface area contributed by atoms with Gasteiger partial charge in [0.2, 0.25) is 0 Å². The highest BCUT2D eigenvalue weighted by Gasteiger charge is 2.54. The van der Waals surface area contributed by atoms with Gasteiger partial charge in [-0.1, -0.05) is 71.7 Å². The summed E-state index contributed by atoms with van der Waals surface area (Å²) in [6.07, 6.45) is -10.8. The lowest BCUT2D eigenvalue weighted by atomic mass is 10.1. The van der Waals surface area contributed by atoms with E-state index in [0.717, 1.165) is 10.9 Å². The molecule has 0 radical (unpaired) electrons. The van der Waals surface area contributed by atoms with Gasteiger partial charge in [-0.2, -0.15) is 4.98 Å². The Morgan fingerprint density at radius 3 is 2.42 bits per heavy atom. The molecule has 0 spiro atoms. The van der Waals surface area contributed by atoms with Crippen molar-refractivity contribution in [2.24, 2.45) is 5.11 Å². The van der Waals surface area contributed by atoms with Crippen LogP contribution in [0.4, 0.5) is 22.1 Å². The van der Waals surface area contributed by atoms with Crippen molar-refractivity contribution in [1.29, 1.82) is 0 Å². The fraction of sp³-hybridized carbons (Fsp3) is 0.553. The molecule has 0 aliphatic carbocycles. The highest BCUT2D eigenvalue weighted by atomic mass is 33.1. The van der Waals surface area contributed by atoms with Crippen LogP contribution in [0.3, 0.4) is 0 Å². The average Bonchev–Trinajstić information content (AvgIpc) is 4.11. The molecule has 2 unspecified atom stereocenters. The SMILES string of the molecule is CC(C)(C)SSC[C@H](NC(=O)OCc1ccc(N=[N+]=[N-])cc1)C(=O)O[C@H]1[C@@H](O)[C@H](n2cnc3c(N)ncnc32)O[C@@H]1COP(=O)(O)O[C@H]1[C@@H](OC2CCCO2)[C@H](n2ccc(N)nc2=O)O[C@@H]1COP(=O)(O)O. The summed E-state index contributed by atoms with van der Waals surface area (Å²) in [4.78, 5) is 89.7. The van der Waals surface area contributed by atoms with Crippen LogP contribution >= 0.6 is 37.2 Å². The van der Waals surface area contributed by atoms with Crippen LogP contribution in [0.2, 0.25) is 0 Å². The number of carbonyl (C=O) groups is 2. The minimum Gasteiger partial charge on any atom is -0.455 e. The van der Waals surface area contributed by atoms with E-state index in [-0.39, 0.29) is 46.5 Å². The van der Waals surface area contributed by atoms with Crippen LogP contribution < -0.4 is 22.5 Å². The minimum atomic E-state index is -5.46. The predicted molar refractivity (Wildman–Crippen MR) is 251 cm³/mol. The summed E-state index contributed by atoms with van der Waals surface area (Å²) in [6.45, 7) is 3.85. The number of aliphatic hydroxyl groups excluding tert-OH is 1. The lowest BCUT2D eigenvalue weighted by molar-refractivity contribution is -0.181.